The van der Waals surface area contributed by atoms with Crippen LogP contribution in [0.25, 0.3) is 28.2 Å². The van der Waals surface area contributed by atoms with E-state index in [4.69, 9.17) is 22.3 Å². The predicted octanol–water partition coefficient (Wildman–Crippen LogP) is 4.21. The largest absolute Gasteiger partial charge is 0.381 e. The molecule has 3 N–H and O–H groups in total. The molecule has 0 amide bonds. The summed E-state index contributed by atoms with van der Waals surface area (Å²) in [5.74, 6) is -0.664. The molecule has 0 unspecified atom stereocenters. The van der Waals surface area contributed by atoms with Crippen LogP contribution in [0.5, 0.6) is 0 Å². The summed E-state index contributed by atoms with van der Waals surface area (Å²) in [7, 11) is 0. The third-order valence-electron chi connectivity index (χ3n) is 7.46. The van der Waals surface area contributed by atoms with Crippen molar-refractivity contribution in [3.05, 3.63) is 81.6 Å². The highest BCUT2D eigenvalue weighted by Gasteiger charge is 2.43. The van der Waals surface area contributed by atoms with E-state index in [0.717, 1.165) is 0 Å². The Balaban J connectivity index is 1.43. The molecule has 1 aromatic carbocycles. The maximum Gasteiger partial charge on any atom is 0.254 e. The Bertz CT molecular complexity index is 1810. The number of halogens is 3. The molecule has 204 valence electrons. The fourth-order valence-corrected chi connectivity index (χ4v) is 5.48. The molecule has 0 bridgehead atoms. The van der Waals surface area contributed by atoms with Crippen LogP contribution in [0.3, 0.4) is 0 Å². The number of benzene rings is 1. The standard InChI is InChI=1S/C26H23ClF2N10O/c1-12-8-18(26(2,3)25-32-10-16(35-25)13-6-7-31-23(30)21(13)28)39-19(40)9-15(34-24(12)39)20-17(38-11-33-36-37-38)5-4-14(27)22(20)29/h4-7,9-12,18H,8H2,1-3H3,(H2,30,31)(H,32,35)/t12-,18+/m0/s1. The second kappa shape index (κ2) is 9.30. The van der Waals surface area contributed by atoms with Gasteiger partial charge in [0.15, 0.2) is 17.5 Å². The lowest BCUT2D eigenvalue weighted by Gasteiger charge is -2.31. The van der Waals surface area contributed by atoms with Crippen molar-refractivity contribution in [3.8, 4) is 28.2 Å². The number of nitrogens with zero attached hydrogens (tertiary/aromatic N) is 8. The summed E-state index contributed by atoms with van der Waals surface area (Å²) in [6, 6.07) is 5.41. The van der Waals surface area contributed by atoms with Gasteiger partial charge < -0.3 is 10.7 Å². The first-order valence-corrected chi connectivity index (χ1v) is 12.8. The van der Waals surface area contributed by atoms with Gasteiger partial charge in [-0.05, 0) is 35.0 Å². The van der Waals surface area contributed by atoms with Gasteiger partial charge in [0, 0.05) is 29.2 Å². The van der Waals surface area contributed by atoms with Crippen LogP contribution in [0, 0.1) is 11.6 Å². The van der Waals surface area contributed by atoms with E-state index in [1.54, 1.807) is 10.6 Å². The third kappa shape index (κ3) is 3.96. The Morgan fingerprint density at radius 2 is 1.98 bits per heavy atom. The van der Waals surface area contributed by atoms with Gasteiger partial charge in [-0.1, -0.05) is 32.4 Å². The van der Waals surface area contributed by atoms with Gasteiger partial charge in [-0.25, -0.2) is 23.7 Å². The third-order valence-corrected chi connectivity index (χ3v) is 7.75. The summed E-state index contributed by atoms with van der Waals surface area (Å²) < 4.78 is 32.9. The molecule has 2 atom stereocenters. The van der Waals surface area contributed by atoms with Crippen molar-refractivity contribution in [1.82, 2.24) is 44.7 Å². The first-order valence-electron chi connectivity index (χ1n) is 12.4. The molecule has 6 rings (SSSR count). The van der Waals surface area contributed by atoms with Crippen molar-refractivity contribution >= 4 is 17.4 Å². The molecular weight excluding hydrogens is 542 g/mol. The zero-order valence-corrected chi connectivity index (χ0v) is 22.4. The molecule has 1 aliphatic rings. The van der Waals surface area contributed by atoms with E-state index in [1.165, 1.54) is 41.6 Å². The molecule has 5 aromatic rings. The fraction of sp³-hybridized carbons (Fsp3) is 0.269. The van der Waals surface area contributed by atoms with Gasteiger partial charge in [-0.3, -0.25) is 9.36 Å². The quantitative estimate of drug-likeness (QED) is 0.323. The number of fused-ring (bicyclic) bond motifs is 1. The monoisotopic (exact) mass is 564 g/mol. The summed E-state index contributed by atoms with van der Waals surface area (Å²) in [6.45, 7) is 5.86. The average molecular weight is 565 g/mol. The molecule has 0 saturated heterocycles. The zero-order chi connectivity index (χ0) is 28.3. The van der Waals surface area contributed by atoms with Gasteiger partial charge in [0.1, 0.15) is 18.0 Å². The summed E-state index contributed by atoms with van der Waals surface area (Å²) in [4.78, 5) is 29.9. The van der Waals surface area contributed by atoms with E-state index < -0.39 is 17.0 Å². The Morgan fingerprint density at radius 1 is 1.18 bits per heavy atom. The van der Waals surface area contributed by atoms with Crippen molar-refractivity contribution in [1.29, 1.82) is 0 Å². The van der Waals surface area contributed by atoms with Crippen molar-refractivity contribution in [2.75, 3.05) is 5.73 Å². The van der Waals surface area contributed by atoms with Gasteiger partial charge in [-0.2, -0.15) is 4.68 Å². The maximum atomic E-state index is 15.4. The Labute approximate surface area is 231 Å². The molecular formula is C26H23ClF2N10O. The van der Waals surface area contributed by atoms with Gasteiger partial charge in [0.25, 0.3) is 5.56 Å². The minimum atomic E-state index is -0.735. The van der Waals surface area contributed by atoms with E-state index in [2.05, 4.69) is 30.5 Å². The second-order valence-electron chi connectivity index (χ2n) is 10.3. The number of anilines is 1. The van der Waals surface area contributed by atoms with Crippen molar-refractivity contribution in [2.24, 2.45) is 0 Å². The number of aromatic amines is 1. The second-order valence-corrected chi connectivity index (χ2v) is 10.7. The van der Waals surface area contributed by atoms with Crippen LogP contribution in [-0.4, -0.2) is 44.7 Å². The number of nitrogens with two attached hydrogens (primary N) is 1. The molecule has 5 heterocycles. The Morgan fingerprint density at radius 3 is 2.73 bits per heavy atom. The Kier molecular flexibility index (Phi) is 5.98. The molecule has 0 aliphatic carbocycles. The van der Waals surface area contributed by atoms with Crippen LogP contribution in [-0.2, 0) is 5.41 Å². The first-order chi connectivity index (χ1) is 19.1. The van der Waals surface area contributed by atoms with Crippen LogP contribution in [0.2, 0.25) is 5.02 Å². The molecule has 0 fully saturated rings. The summed E-state index contributed by atoms with van der Waals surface area (Å²) in [6.07, 6.45) is 4.84. The van der Waals surface area contributed by atoms with Crippen LogP contribution in [0.1, 0.15) is 50.8 Å². The SMILES string of the molecule is C[C@H]1C[C@H](C(C)(C)c2ncc(-c3ccnc(N)c3F)[nH]2)n2c1nc(-c1c(-n3cnnn3)ccc(Cl)c1F)cc2=O. The lowest BCUT2D eigenvalue weighted by Crippen LogP contribution is -2.36. The Hall–Kier alpha value is -4.52. The average Bonchev–Trinajstić information content (AvgIpc) is 3.69. The number of nitrogen functional groups attached to an aromatic ring is 1. The molecule has 0 spiro atoms. The number of hydrogen-bond donors (Lipinski definition) is 2. The summed E-state index contributed by atoms with van der Waals surface area (Å²) >= 11 is 6.11. The van der Waals surface area contributed by atoms with Crippen molar-refractivity contribution in [2.45, 2.75) is 44.6 Å². The molecule has 14 heteroatoms. The van der Waals surface area contributed by atoms with E-state index >= 15 is 4.39 Å². The molecule has 4 aromatic heterocycles. The molecule has 40 heavy (non-hydrogen) atoms. The lowest BCUT2D eigenvalue weighted by atomic mass is 9.81. The van der Waals surface area contributed by atoms with Crippen LogP contribution in [0.15, 0.2) is 47.8 Å². The smallest absolute Gasteiger partial charge is 0.254 e. The van der Waals surface area contributed by atoms with E-state index in [1.807, 2.05) is 20.8 Å². The minimum Gasteiger partial charge on any atom is -0.381 e. The highest BCUT2D eigenvalue weighted by Crippen LogP contribution is 2.45. The summed E-state index contributed by atoms with van der Waals surface area (Å²) in [5.41, 5.74) is 5.70. The number of H-pyrrole nitrogens is 1. The van der Waals surface area contributed by atoms with Gasteiger partial charge in [0.05, 0.1) is 39.9 Å². The lowest BCUT2D eigenvalue weighted by molar-refractivity contribution is 0.302. The predicted molar refractivity (Wildman–Crippen MR) is 143 cm³/mol. The highest BCUT2D eigenvalue weighted by molar-refractivity contribution is 6.31. The number of pyridine rings is 1. The van der Waals surface area contributed by atoms with Crippen LogP contribution >= 0.6 is 11.6 Å². The van der Waals surface area contributed by atoms with Crippen molar-refractivity contribution < 1.29 is 8.78 Å². The van der Waals surface area contributed by atoms with Gasteiger partial charge in [0.2, 0.25) is 0 Å². The molecule has 1 aliphatic heterocycles. The number of imidazole rings is 1. The van der Waals surface area contributed by atoms with E-state index in [9.17, 15) is 9.18 Å². The van der Waals surface area contributed by atoms with Crippen LogP contribution in [0.4, 0.5) is 14.6 Å². The number of rotatable bonds is 5. The topological polar surface area (TPSA) is 146 Å². The van der Waals surface area contributed by atoms with Crippen molar-refractivity contribution in [3.63, 3.8) is 0 Å². The zero-order valence-electron chi connectivity index (χ0n) is 21.6. The number of hydrogen-bond acceptors (Lipinski definition) is 8. The number of tetrazole rings is 1. The number of aromatic nitrogens is 9. The summed E-state index contributed by atoms with van der Waals surface area (Å²) in [5, 5.41) is 11.0. The molecule has 0 saturated carbocycles. The van der Waals surface area contributed by atoms with Gasteiger partial charge >= 0.3 is 0 Å². The first kappa shape index (κ1) is 25.7. The minimum absolute atomic E-state index is 0.0181. The van der Waals surface area contributed by atoms with E-state index in [-0.39, 0.29) is 45.2 Å². The highest BCUT2D eigenvalue weighted by atomic mass is 35.5. The van der Waals surface area contributed by atoms with E-state index in [0.29, 0.717) is 29.5 Å². The molecule has 11 nitrogen and oxygen atoms in total. The van der Waals surface area contributed by atoms with Gasteiger partial charge in [-0.15, -0.1) is 5.10 Å². The fourth-order valence-electron chi connectivity index (χ4n) is 5.32. The maximum absolute atomic E-state index is 15.4. The van der Waals surface area contributed by atoms with Crippen LogP contribution < -0.4 is 11.3 Å². The molecule has 0 radical (unpaired) electrons. The normalized spacial score (nSPS) is 16.9. The number of nitrogens with one attached hydrogen (secondary N) is 1.